The molecule has 2 rings (SSSR count). The van der Waals surface area contributed by atoms with Crippen molar-refractivity contribution in [1.29, 1.82) is 0 Å². The molecule has 2 aromatic rings. The van der Waals surface area contributed by atoms with Crippen molar-refractivity contribution in [3.05, 3.63) is 65.5 Å². The Bertz CT molecular complexity index is 727. The van der Waals surface area contributed by atoms with Gasteiger partial charge in [-0.15, -0.1) is 0 Å². The second-order valence-corrected chi connectivity index (χ2v) is 4.76. The highest BCUT2D eigenvalue weighted by Crippen LogP contribution is 2.09. The van der Waals surface area contributed by atoms with Crippen LogP contribution in [0.1, 0.15) is 18.1 Å². The van der Waals surface area contributed by atoms with Crippen molar-refractivity contribution >= 4 is 23.7 Å². The molecule has 2 N–H and O–H groups in total. The minimum atomic E-state index is -0.905. The van der Waals surface area contributed by atoms with Crippen LogP contribution in [-0.2, 0) is 16.0 Å². The van der Waals surface area contributed by atoms with Gasteiger partial charge in [0, 0.05) is 5.69 Å². The molecule has 0 heterocycles. The van der Waals surface area contributed by atoms with Crippen molar-refractivity contribution in [2.75, 3.05) is 5.32 Å². The maximum absolute atomic E-state index is 13.0. The summed E-state index contributed by atoms with van der Waals surface area (Å²) in [5, 5.41) is 6.09. The Labute approximate surface area is 133 Å². The van der Waals surface area contributed by atoms with Crippen molar-refractivity contribution in [3.63, 3.8) is 0 Å². The molecule has 0 aromatic heterocycles. The Morgan fingerprint density at radius 2 is 1.87 bits per heavy atom. The molecule has 0 saturated heterocycles. The van der Waals surface area contributed by atoms with Crippen LogP contribution in [0.5, 0.6) is 0 Å². The molecule has 0 aliphatic rings. The summed E-state index contributed by atoms with van der Waals surface area (Å²) in [4.78, 5) is 23.3. The van der Waals surface area contributed by atoms with Crippen molar-refractivity contribution in [2.45, 2.75) is 13.3 Å². The van der Waals surface area contributed by atoms with Crippen molar-refractivity contribution in [2.24, 2.45) is 5.10 Å². The molecule has 0 spiro atoms. The molecule has 0 bridgehead atoms. The lowest BCUT2D eigenvalue weighted by Gasteiger charge is -2.04. The summed E-state index contributed by atoms with van der Waals surface area (Å²) < 4.78 is 13.0. The number of nitrogens with one attached hydrogen (secondary N) is 2. The van der Waals surface area contributed by atoms with E-state index in [2.05, 4.69) is 15.8 Å². The van der Waals surface area contributed by atoms with Gasteiger partial charge in [-0.25, -0.2) is 9.82 Å². The van der Waals surface area contributed by atoms with Gasteiger partial charge in [-0.05, 0) is 41.8 Å². The summed E-state index contributed by atoms with van der Waals surface area (Å²) in [5.74, 6) is -2.14. The zero-order chi connectivity index (χ0) is 16.7. The number of benzene rings is 2. The molecule has 0 aliphatic carbocycles. The molecule has 0 saturated carbocycles. The van der Waals surface area contributed by atoms with E-state index in [1.165, 1.54) is 24.4 Å². The number of anilines is 1. The molecule has 0 radical (unpaired) electrons. The van der Waals surface area contributed by atoms with E-state index in [1.54, 1.807) is 18.2 Å². The summed E-state index contributed by atoms with van der Waals surface area (Å²) >= 11 is 0. The van der Waals surface area contributed by atoms with Gasteiger partial charge in [0.2, 0.25) is 0 Å². The van der Waals surface area contributed by atoms with Crippen molar-refractivity contribution < 1.29 is 14.0 Å². The zero-order valence-corrected chi connectivity index (χ0v) is 12.5. The summed E-state index contributed by atoms with van der Waals surface area (Å²) in [6.07, 6.45) is 2.15. The van der Waals surface area contributed by atoms with Crippen LogP contribution in [0.15, 0.2) is 53.6 Å². The number of nitrogens with zero attached hydrogens (tertiary/aromatic N) is 1. The number of amides is 2. The normalized spacial score (nSPS) is 10.5. The third-order valence-corrected chi connectivity index (χ3v) is 3.05. The first-order valence-corrected chi connectivity index (χ1v) is 7.07. The number of rotatable bonds is 4. The first-order chi connectivity index (χ1) is 11.1. The van der Waals surface area contributed by atoms with Gasteiger partial charge in [0.25, 0.3) is 0 Å². The average molecular weight is 313 g/mol. The highest BCUT2D eigenvalue weighted by molar-refractivity contribution is 6.39. The molecule has 0 unspecified atom stereocenters. The lowest BCUT2D eigenvalue weighted by Crippen LogP contribution is -2.32. The van der Waals surface area contributed by atoms with Gasteiger partial charge in [0.1, 0.15) is 5.82 Å². The molecule has 2 amide bonds. The van der Waals surface area contributed by atoms with Crippen LogP contribution in [0, 0.1) is 5.82 Å². The second-order valence-electron chi connectivity index (χ2n) is 4.76. The third-order valence-electron chi connectivity index (χ3n) is 3.05. The van der Waals surface area contributed by atoms with Crippen LogP contribution in [-0.4, -0.2) is 18.0 Å². The number of hydrazone groups is 1. The number of carbonyl (C=O) groups excluding carboxylic acids is 2. The summed E-state index contributed by atoms with van der Waals surface area (Å²) in [7, 11) is 0. The van der Waals surface area contributed by atoms with E-state index < -0.39 is 17.6 Å². The minimum Gasteiger partial charge on any atom is -0.318 e. The number of carbonyl (C=O) groups is 2. The van der Waals surface area contributed by atoms with E-state index >= 15 is 0 Å². The van der Waals surface area contributed by atoms with Crippen LogP contribution < -0.4 is 10.7 Å². The third kappa shape index (κ3) is 5.03. The van der Waals surface area contributed by atoms with Gasteiger partial charge in [0.15, 0.2) is 0 Å². The maximum Gasteiger partial charge on any atom is 0.329 e. The summed E-state index contributed by atoms with van der Waals surface area (Å²) in [6, 6.07) is 12.9. The second kappa shape index (κ2) is 7.84. The molecular formula is C17H16FN3O2. The zero-order valence-electron chi connectivity index (χ0n) is 12.5. The largest absolute Gasteiger partial charge is 0.329 e. The number of hydrogen-bond acceptors (Lipinski definition) is 3. The molecule has 118 valence electrons. The molecular weight excluding hydrogens is 297 g/mol. The molecule has 0 atom stereocenters. The maximum atomic E-state index is 13.0. The summed E-state index contributed by atoms with van der Waals surface area (Å²) in [5.41, 5.74) is 4.22. The van der Waals surface area contributed by atoms with E-state index in [-0.39, 0.29) is 0 Å². The number of aryl methyl sites for hydroxylation is 1. The van der Waals surface area contributed by atoms with E-state index in [4.69, 9.17) is 0 Å². The monoisotopic (exact) mass is 313 g/mol. The van der Waals surface area contributed by atoms with Gasteiger partial charge >= 0.3 is 11.8 Å². The van der Waals surface area contributed by atoms with E-state index in [0.717, 1.165) is 12.0 Å². The van der Waals surface area contributed by atoms with Gasteiger partial charge in [0.05, 0.1) is 6.21 Å². The molecule has 0 fully saturated rings. The van der Waals surface area contributed by atoms with Gasteiger partial charge < -0.3 is 5.32 Å². The van der Waals surface area contributed by atoms with E-state index in [9.17, 15) is 14.0 Å². The topological polar surface area (TPSA) is 70.6 Å². The highest BCUT2D eigenvalue weighted by Gasteiger charge is 2.12. The van der Waals surface area contributed by atoms with Crippen LogP contribution in [0.3, 0.4) is 0 Å². The predicted octanol–water partition coefficient (Wildman–Crippen LogP) is 2.48. The molecule has 2 aromatic carbocycles. The van der Waals surface area contributed by atoms with Crippen LogP contribution in [0.25, 0.3) is 0 Å². The summed E-state index contributed by atoms with van der Waals surface area (Å²) in [6.45, 7) is 2.03. The van der Waals surface area contributed by atoms with Crippen molar-refractivity contribution in [1.82, 2.24) is 5.43 Å². The minimum absolute atomic E-state index is 0.409. The molecule has 0 aliphatic heterocycles. The van der Waals surface area contributed by atoms with E-state index in [1.807, 2.05) is 19.1 Å². The standard InChI is InChI=1S/C17H16FN3O2/c1-2-12-6-8-15(9-7-12)20-16(22)17(23)21-19-11-13-4-3-5-14(18)10-13/h3-11H,2H2,1H3,(H,20,22)(H,21,23)/b19-11+. The fourth-order valence-corrected chi connectivity index (χ4v) is 1.81. The Hall–Kier alpha value is -3.02. The predicted molar refractivity (Wildman–Crippen MR) is 86.6 cm³/mol. The average Bonchev–Trinajstić information content (AvgIpc) is 2.55. The first-order valence-electron chi connectivity index (χ1n) is 7.07. The lowest BCUT2D eigenvalue weighted by atomic mass is 10.1. The fraction of sp³-hybridized carbons (Fsp3) is 0.118. The Kier molecular flexibility index (Phi) is 5.57. The molecule has 5 nitrogen and oxygen atoms in total. The fourth-order valence-electron chi connectivity index (χ4n) is 1.81. The van der Waals surface area contributed by atoms with Gasteiger partial charge in [-0.1, -0.05) is 31.2 Å². The molecule has 6 heteroatoms. The Morgan fingerprint density at radius 1 is 1.13 bits per heavy atom. The Morgan fingerprint density at radius 3 is 2.52 bits per heavy atom. The number of halogens is 1. The lowest BCUT2D eigenvalue weighted by molar-refractivity contribution is -0.136. The van der Waals surface area contributed by atoms with Crippen molar-refractivity contribution in [3.8, 4) is 0 Å². The van der Waals surface area contributed by atoms with E-state index in [0.29, 0.717) is 11.3 Å². The van der Waals surface area contributed by atoms with Gasteiger partial charge in [-0.2, -0.15) is 5.10 Å². The smallest absolute Gasteiger partial charge is 0.318 e. The SMILES string of the molecule is CCc1ccc(NC(=O)C(=O)N/N=C/c2cccc(F)c2)cc1. The van der Waals surface area contributed by atoms with Gasteiger partial charge in [-0.3, -0.25) is 9.59 Å². The Balaban J connectivity index is 1.88. The number of hydrogen-bond donors (Lipinski definition) is 2. The quantitative estimate of drug-likeness (QED) is 0.517. The van der Waals surface area contributed by atoms with Crippen LogP contribution >= 0.6 is 0 Å². The van der Waals surface area contributed by atoms with Crippen LogP contribution in [0.2, 0.25) is 0 Å². The molecule has 23 heavy (non-hydrogen) atoms. The van der Waals surface area contributed by atoms with Crippen LogP contribution in [0.4, 0.5) is 10.1 Å². The highest BCUT2D eigenvalue weighted by atomic mass is 19.1. The first kappa shape index (κ1) is 16.4.